The standard InChI is InChI=1S/C13H17N3O2.2ClH/c1-9-4-5-11-10(15-9)8-12(18-11)13(17)16(3)7-6-14-2;;/h4-5,8,14H,6-7H2,1-3H3;2*1H. The Balaban J connectivity index is 0.00000180. The molecule has 1 amide bonds. The van der Waals surface area contributed by atoms with Crippen molar-refractivity contribution in [1.82, 2.24) is 15.2 Å². The van der Waals surface area contributed by atoms with Crippen molar-refractivity contribution in [1.29, 1.82) is 0 Å². The summed E-state index contributed by atoms with van der Waals surface area (Å²) in [6, 6.07) is 5.40. The number of likely N-dealkylation sites (N-methyl/N-ethyl adjacent to an activating group) is 2. The van der Waals surface area contributed by atoms with Crippen molar-refractivity contribution < 1.29 is 9.21 Å². The Labute approximate surface area is 130 Å². The Morgan fingerprint density at radius 1 is 1.40 bits per heavy atom. The molecule has 0 atom stereocenters. The predicted molar refractivity (Wildman–Crippen MR) is 84.1 cm³/mol. The van der Waals surface area contributed by atoms with Gasteiger partial charge in [0.1, 0.15) is 5.52 Å². The van der Waals surface area contributed by atoms with Crippen molar-refractivity contribution in [2.45, 2.75) is 6.92 Å². The van der Waals surface area contributed by atoms with Crippen LogP contribution < -0.4 is 5.32 Å². The molecule has 0 fully saturated rings. The highest BCUT2D eigenvalue weighted by Gasteiger charge is 2.16. The number of rotatable bonds is 4. The van der Waals surface area contributed by atoms with E-state index in [0.717, 1.165) is 17.8 Å². The zero-order valence-corrected chi connectivity index (χ0v) is 13.3. The lowest BCUT2D eigenvalue weighted by atomic mass is 10.3. The number of nitrogens with zero attached hydrogens (tertiary/aromatic N) is 2. The van der Waals surface area contributed by atoms with Crippen molar-refractivity contribution in [3.05, 3.63) is 29.7 Å². The van der Waals surface area contributed by atoms with Crippen LogP contribution in [-0.4, -0.2) is 43.0 Å². The van der Waals surface area contributed by atoms with E-state index in [4.69, 9.17) is 4.42 Å². The van der Waals surface area contributed by atoms with Crippen LogP contribution in [0, 0.1) is 6.92 Å². The summed E-state index contributed by atoms with van der Waals surface area (Å²) >= 11 is 0. The van der Waals surface area contributed by atoms with Crippen LogP contribution in [0.1, 0.15) is 16.2 Å². The molecule has 0 spiro atoms. The lowest BCUT2D eigenvalue weighted by molar-refractivity contribution is 0.0768. The normalized spacial score (nSPS) is 9.75. The van der Waals surface area contributed by atoms with Gasteiger partial charge in [-0.1, -0.05) is 0 Å². The summed E-state index contributed by atoms with van der Waals surface area (Å²) in [5.41, 5.74) is 2.28. The van der Waals surface area contributed by atoms with Gasteiger partial charge in [-0.05, 0) is 26.1 Å². The van der Waals surface area contributed by atoms with Crippen molar-refractivity contribution in [2.24, 2.45) is 0 Å². The Bertz CT molecular complexity index is 572. The topological polar surface area (TPSA) is 58.4 Å². The molecule has 2 rings (SSSR count). The number of fused-ring (bicyclic) bond motifs is 1. The smallest absolute Gasteiger partial charge is 0.289 e. The zero-order valence-electron chi connectivity index (χ0n) is 11.7. The molecule has 5 nitrogen and oxygen atoms in total. The number of nitrogens with one attached hydrogen (secondary N) is 1. The highest BCUT2D eigenvalue weighted by molar-refractivity contribution is 5.95. The molecule has 7 heteroatoms. The molecule has 20 heavy (non-hydrogen) atoms. The first-order chi connectivity index (χ1) is 8.61. The first-order valence-corrected chi connectivity index (χ1v) is 5.89. The van der Waals surface area contributed by atoms with Crippen LogP contribution in [0.2, 0.25) is 0 Å². The second-order valence-electron chi connectivity index (χ2n) is 4.28. The minimum Gasteiger partial charge on any atom is -0.449 e. The number of hydrogen-bond donors (Lipinski definition) is 1. The number of aromatic nitrogens is 1. The highest BCUT2D eigenvalue weighted by atomic mass is 35.5. The number of aryl methyl sites for hydroxylation is 1. The summed E-state index contributed by atoms with van der Waals surface area (Å²) in [6.07, 6.45) is 0. The van der Waals surface area contributed by atoms with Gasteiger partial charge in [0.25, 0.3) is 5.91 Å². The minimum absolute atomic E-state index is 0. The Hall–Kier alpha value is -1.30. The fourth-order valence-corrected chi connectivity index (χ4v) is 1.70. The average Bonchev–Trinajstić information content (AvgIpc) is 2.77. The van der Waals surface area contributed by atoms with Gasteiger partial charge in [0, 0.05) is 31.9 Å². The largest absolute Gasteiger partial charge is 0.449 e. The van der Waals surface area contributed by atoms with E-state index in [9.17, 15) is 4.79 Å². The second-order valence-corrected chi connectivity index (χ2v) is 4.28. The van der Waals surface area contributed by atoms with Crippen LogP contribution in [0.4, 0.5) is 0 Å². The molecule has 0 aliphatic heterocycles. The number of halogens is 2. The molecule has 1 N–H and O–H groups in total. The Morgan fingerprint density at radius 3 is 2.75 bits per heavy atom. The summed E-state index contributed by atoms with van der Waals surface area (Å²) in [7, 11) is 3.61. The molecule has 0 aliphatic carbocycles. The molecule has 2 heterocycles. The maximum atomic E-state index is 12.1. The Morgan fingerprint density at radius 2 is 2.10 bits per heavy atom. The van der Waals surface area contributed by atoms with Crippen molar-refractivity contribution >= 4 is 41.8 Å². The molecule has 0 saturated carbocycles. The molecule has 2 aromatic rings. The highest BCUT2D eigenvalue weighted by Crippen LogP contribution is 2.18. The van der Waals surface area contributed by atoms with Gasteiger partial charge in [-0.25, -0.2) is 4.98 Å². The molecule has 0 bridgehead atoms. The van der Waals surface area contributed by atoms with Crippen LogP contribution in [0.25, 0.3) is 11.1 Å². The summed E-state index contributed by atoms with van der Waals surface area (Å²) in [5, 5.41) is 3.00. The van der Waals surface area contributed by atoms with Gasteiger partial charge in [0.15, 0.2) is 11.3 Å². The van der Waals surface area contributed by atoms with Gasteiger partial charge in [-0.2, -0.15) is 0 Å². The van der Waals surface area contributed by atoms with Crippen LogP contribution in [0.5, 0.6) is 0 Å². The third-order valence-corrected chi connectivity index (χ3v) is 2.77. The van der Waals surface area contributed by atoms with Crippen LogP contribution in [0.3, 0.4) is 0 Å². The van der Waals surface area contributed by atoms with E-state index in [1.807, 2.05) is 26.1 Å². The molecule has 2 aromatic heterocycles. The van der Waals surface area contributed by atoms with Crippen LogP contribution >= 0.6 is 24.8 Å². The SMILES string of the molecule is CNCCN(C)C(=O)c1cc2nc(C)ccc2o1.Cl.Cl. The monoisotopic (exact) mass is 319 g/mol. The number of furan rings is 1. The first kappa shape index (κ1) is 18.7. The summed E-state index contributed by atoms with van der Waals surface area (Å²) in [6.45, 7) is 3.30. The second kappa shape index (κ2) is 8.09. The molecule has 0 radical (unpaired) electrons. The van der Waals surface area contributed by atoms with Gasteiger partial charge in [0.2, 0.25) is 0 Å². The maximum Gasteiger partial charge on any atom is 0.289 e. The van der Waals surface area contributed by atoms with Crippen molar-refractivity contribution in [2.75, 3.05) is 27.2 Å². The van der Waals surface area contributed by atoms with Crippen LogP contribution in [0.15, 0.2) is 22.6 Å². The van der Waals surface area contributed by atoms with Gasteiger partial charge in [-0.3, -0.25) is 4.79 Å². The van der Waals surface area contributed by atoms with Crippen molar-refractivity contribution in [3.63, 3.8) is 0 Å². The third kappa shape index (κ3) is 4.10. The van der Waals surface area contributed by atoms with E-state index in [1.54, 1.807) is 18.0 Å². The molecule has 0 aromatic carbocycles. The number of pyridine rings is 1. The van der Waals surface area contributed by atoms with Gasteiger partial charge < -0.3 is 14.6 Å². The van der Waals surface area contributed by atoms with Crippen molar-refractivity contribution in [3.8, 4) is 0 Å². The van der Waals surface area contributed by atoms with Gasteiger partial charge in [-0.15, -0.1) is 24.8 Å². The lowest BCUT2D eigenvalue weighted by Crippen LogP contribution is -2.32. The summed E-state index contributed by atoms with van der Waals surface area (Å²) < 4.78 is 5.51. The third-order valence-electron chi connectivity index (χ3n) is 2.77. The molecule has 112 valence electrons. The fraction of sp³-hybridized carbons (Fsp3) is 0.385. The Kier molecular flexibility index (Phi) is 7.57. The maximum absolute atomic E-state index is 12.1. The first-order valence-electron chi connectivity index (χ1n) is 5.89. The molecule has 0 unspecified atom stereocenters. The van der Waals surface area contributed by atoms with E-state index >= 15 is 0 Å². The number of carbonyl (C=O) groups is 1. The number of hydrogen-bond acceptors (Lipinski definition) is 4. The quantitative estimate of drug-likeness (QED) is 0.939. The van der Waals surface area contributed by atoms with E-state index in [-0.39, 0.29) is 30.7 Å². The lowest BCUT2D eigenvalue weighted by Gasteiger charge is -2.14. The van der Waals surface area contributed by atoms with E-state index in [2.05, 4.69) is 10.3 Å². The zero-order chi connectivity index (χ0) is 13.1. The van der Waals surface area contributed by atoms with E-state index < -0.39 is 0 Å². The number of amides is 1. The molecular formula is C13H19Cl2N3O2. The minimum atomic E-state index is -0.124. The van der Waals surface area contributed by atoms with Crippen LogP contribution in [-0.2, 0) is 0 Å². The molecule has 0 aliphatic rings. The van der Waals surface area contributed by atoms with Gasteiger partial charge >= 0.3 is 0 Å². The van der Waals surface area contributed by atoms with E-state index in [1.165, 1.54) is 0 Å². The summed E-state index contributed by atoms with van der Waals surface area (Å²) in [5.74, 6) is 0.211. The fourth-order valence-electron chi connectivity index (χ4n) is 1.70. The average molecular weight is 320 g/mol. The molecule has 0 saturated heterocycles. The summed E-state index contributed by atoms with van der Waals surface area (Å²) in [4.78, 5) is 18.0. The van der Waals surface area contributed by atoms with Gasteiger partial charge in [0.05, 0.1) is 0 Å². The predicted octanol–water partition coefficient (Wildman–Crippen LogP) is 2.27. The molecular weight excluding hydrogens is 301 g/mol. The van der Waals surface area contributed by atoms with E-state index in [0.29, 0.717) is 17.9 Å². The number of carbonyl (C=O) groups excluding carboxylic acids is 1.